The van der Waals surface area contributed by atoms with Gasteiger partial charge in [-0.05, 0) is 61.1 Å². The van der Waals surface area contributed by atoms with Crippen LogP contribution >= 0.6 is 46.4 Å². The van der Waals surface area contributed by atoms with Crippen molar-refractivity contribution in [2.45, 2.75) is 38.8 Å². The van der Waals surface area contributed by atoms with Gasteiger partial charge in [-0.1, -0.05) is 62.7 Å². The van der Waals surface area contributed by atoms with Crippen LogP contribution in [-0.2, 0) is 33.3 Å². The van der Waals surface area contributed by atoms with Crippen LogP contribution in [0.15, 0.2) is 24.3 Å². The van der Waals surface area contributed by atoms with Gasteiger partial charge in [-0.2, -0.15) is 25.4 Å². The van der Waals surface area contributed by atoms with Crippen LogP contribution in [0.4, 0.5) is 0 Å². The van der Waals surface area contributed by atoms with Crippen molar-refractivity contribution in [1.82, 2.24) is 12.7 Å². The molecule has 0 aromatic heterocycles. The third-order valence-corrected chi connectivity index (χ3v) is 11.7. The van der Waals surface area contributed by atoms with Crippen LogP contribution in [0.3, 0.4) is 0 Å². The fourth-order valence-electron chi connectivity index (χ4n) is 4.57. The number of nitrogens with zero attached hydrogens (tertiary/aromatic N) is 2. The third-order valence-electron chi connectivity index (χ3n) is 6.18. The van der Waals surface area contributed by atoms with E-state index in [1.807, 2.05) is 4.13 Å². The number of benzene rings is 2. The highest BCUT2D eigenvalue weighted by Gasteiger charge is 2.41. The summed E-state index contributed by atoms with van der Waals surface area (Å²) in [5, 5.41) is 1.13. The highest BCUT2D eigenvalue weighted by molar-refractivity contribution is 8.02. The predicted octanol–water partition coefficient (Wildman–Crippen LogP) is 4.92. The van der Waals surface area contributed by atoms with Gasteiger partial charge in [0.05, 0.1) is 20.1 Å². The second kappa shape index (κ2) is 9.11. The highest BCUT2D eigenvalue weighted by Crippen LogP contribution is 2.41. The van der Waals surface area contributed by atoms with E-state index in [2.05, 4.69) is 0 Å². The summed E-state index contributed by atoms with van der Waals surface area (Å²) in [6.07, 6.45) is 0.748. The van der Waals surface area contributed by atoms with Gasteiger partial charge in [0, 0.05) is 25.2 Å². The first-order chi connectivity index (χ1) is 15.3. The van der Waals surface area contributed by atoms with Gasteiger partial charge in [0.2, 0.25) is 0 Å². The van der Waals surface area contributed by atoms with Gasteiger partial charge in [0.1, 0.15) is 0 Å². The largest absolute Gasteiger partial charge is 0.294 e. The highest BCUT2D eigenvalue weighted by atomic mass is 35.5. The Hall–Kier alpha value is -0.620. The van der Waals surface area contributed by atoms with Crippen molar-refractivity contribution < 1.29 is 16.8 Å². The molecule has 0 spiro atoms. The lowest BCUT2D eigenvalue weighted by Crippen LogP contribution is -2.52. The molecule has 2 aliphatic rings. The summed E-state index contributed by atoms with van der Waals surface area (Å²) < 4.78 is 57.0. The molecule has 0 saturated heterocycles. The predicted molar refractivity (Wildman–Crippen MR) is 132 cm³/mol. The smallest absolute Gasteiger partial charge is 0.194 e. The summed E-state index contributed by atoms with van der Waals surface area (Å²) in [6.45, 7) is 3.48. The van der Waals surface area contributed by atoms with Gasteiger partial charge in [0.25, 0.3) is 20.4 Å². The van der Waals surface area contributed by atoms with E-state index in [0.29, 0.717) is 34.0 Å². The summed E-state index contributed by atoms with van der Waals surface area (Å²) in [4.78, 5) is 0. The lowest BCUT2D eigenvalue weighted by atomic mass is 9.95. The molecule has 0 fully saturated rings. The third kappa shape index (κ3) is 4.52. The molecule has 0 aliphatic carbocycles. The SMILES string of the molecule is CC1c2c(ccc(Cl)c2Cl)CCN1S(=O)(=O)NS(=O)(=O)N1CCc2ccc(Cl)c(Cl)c2C1C. The lowest BCUT2D eigenvalue weighted by molar-refractivity contribution is 0.314. The minimum atomic E-state index is -4.44. The Morgan fingerprint density at radius 1 is 0.727 bits per heavy atom. The van der Waals surface area contributed by atoms with E-state index in [4.69, 9.17) is 46.4 Å². The van der Waals surface area contributed by atoms with Gasteiger partial charge < -0.3 is 0 Å². The molecule has 0 saturated carbocycles. The number of hydrogen-bond acceptors (Lipinski definition) is 4. The molecule has 7 nitrogen and oxygen atoms in total. The molecule has 4 rings (SSSR count). The first-order valence-corrected chi connectivity index (χ1v) is 14.5. The topological polar surface area (TPSA) is 86.8 Å². The van der Waals surface area contributed by atoms with E-state index < -0.39 is 32.5 Å². The molecule has 2 atom stereocenters. The number of rotatable bonds is 4. The van der Waals surface area contributed by atoms with Crippen LogP contribution < -0.4 is 4.13 Å². The van der Waals surface area contributed by atoms with Crippen molar-refractivity contribution in [2.24, 2.45) is 0 Å². The van der Waals surface area contributed by atoms with Crippen molar-refractivity contribution in [3.8, 4) is 0 Å². The van der Waals surface area contributed by atoms with Crippen LogP contribution in [-0.4, -0.2) is 38.5 Å². The molecule has 2 heterocycles. The molecule has 0 bridgehead atoms. The Morgan fingerprint density at radius 3 is 1.45 bits per heavy atom. The molecule has 2 unspecified atom stereocenters. The number of hydrogen-bond donors (Lipinski definition) is 1. The van der Waals surface area contributed by atoms with E-state index >= 15 is 0 Å². The van der Waals surface area contributed by atoms with E-state index in [0.717, 1.165) is 19.7 Å². The Balaban J connectivity index is 1.63. The van der Waals surface area contributed by atoms with E-state index in [-0.39, 0.29) is 23.1 Å². The molecular formula is C20H21Cl4N3O4S2. The molecule has 33 heavy (non-hydrogen) atoms. The standard InChI is InChI=1S/C20H21Cl4N3O4S2/c1-11-17-13(3-5-15(21)19(17)23)7-9-26(11)32(28,29)25-33(30,31)27-10-8-14-4-6-16(22)20(24)18(14)12(27)2/h3-6,11-12,25H,7-10H2,1-2H3. The summed E-state index contributed by atoms with van der Waals surface area (Å²) >= 11 is 24.9. The zero-order valence-corrected chi connectivity index (χ0v) is 22.3. The van der Waals surface area contributed by atoms with Gasteiger partial charge in [-0.15, -0.1) is 0 Å². The molecule has 2 aliphatic heterocycles. The van der Waals surface area contributed by atoms with Gasteiger partial charge in [0.15, 0.2) is 0 Å². The van der Waals surface area contributed by atoms with Crippen molar-refractivity contribution in [3.63, 3.8) is 0 Å². The van der Waals surface area contributed by atoms with Crippen LogP contribution in [0.25, 0.3) is 0 Å². The van der Waals surface area contributed by atoms with Crippen molar-refractivity contribution in [1.29, 1.82) is 0 Å². The van der Waals surface area contributed by atoms with Gasteiger partial charge in [-0.25, -0.2) is 0 Å². The number of nitrogens with one attached hydrogen (secondary N) is 1. The average molecular weight is 573 g/mol. The minimum Gasteiger partial charge on any atom is -0.194 e. The molecule has 13 heteroatoms. The molecular weight excluding hydrogens is 552 g/mol. The molecule has 0 radical (unpaired) electrons. The van der Waals surface area contributed by atoms with E-state index in [1.165, 1.54) is 0 Å². The van der Waals surface area contributed by atoms with Crippen molar-refractivity contribution in [2.75, 3.05) is 13.1 Å². The molecule has 0 amide bonds. The quantitative estimate of drug-likeness (QED) is 0.563. The second-order valence-electron chi connectivity index (χ2n) is 8.04. The van der Waals surface area contributed by atoms with Gasteiger partial charge in [-0.3, -0.25) is 0 Å². The normalized spacial score (nSPS) is 22.1. The summed E-state index contributed by atoms with van der Waals surface area (Å²) in [5.41, 5.74) is 2.89. The Bertz CT molecular complexity index is 1230. The average Bonchev–Trinajstić information content (AvgIpc) is 2.72. The Kier molecular flexibility index (Phi) is 7.03. The Labute approximate surface area is 213 Å². The fourth-order valence-corrected chi connectivity index (χ4v) is 9.13. The van der Waals surface area contributed by atoms with Crippen LogP contribution in [0.1, 0.15) is 48.2 Å². The van der Waals surface area contributed by atoms with Crippen LogP contribution in [0, 0.1) is 0 Å². The Morgan fingerprint density at radius 2 is 1.09 bits per heavy atom. The second-order valence-corrected chi connectivity index (χ2v) is 13.1. The molecule has 1 N–H and O–H groups in total. The van der Waals surface area contributed by atoms with Crippen molar-refractivity contribution in [3.05, 3.63) is 66.6 Å². The van der Waals surface area contributed by atoms with Crippen molar-refractivity contribution >= 4 is 66.8 Å². The number of fused-ring (bicyclic) bond motifs is 2. The molecule has 180 valence electrons. The first-order valence-electron chi connectivity index (χ1n) is 10.1. The maximum atomic E-state index is 13.2. The zero-order valence-electron chi connectivity index (χ0n) is 17.6. The van der Waals surface area contributed by atoms with Gasteiger partial charge >= 0.3 is 0 Å². The first kappa shape index (κ1) is 25.5. The minimum absolute atomic E-state index is 0.0941. The van der Waals surface area contributed by atoms with Crippen LogP contribution in [0.5, 0.6) is 0 Å². The summed E-state index contributed by atoms with van der Waals surface area (Å²) in [7, 11) is -8.88. The molecule has 2 aromatic rings. The van der Waals surface area contributed by atoms with E-state index in [9.17, 15) is 16.8 Å². The summed E-state index contributed by atoms with van der Waals surface area (Å²) in [6, 6.07) is 5.51. The molecule has 2 aromatic carbocycles. The lowest BCUT2D eigenvalue weighted by Gasteiger charge is -2.37. The zero-order chi connectivity index (χ0) is 24.3. The maximum Gasteiger partial charge on any atom is 0.294 e. The monoisotopic (exact) mass is 571 g/mol. The van der Waals surface area contributed by atoms with E-state index in [1.54, 1.807) is 38.1 Å². The summed E-state index contributed by atoms with van der Waals surface area (Å²) in [5.74, 6) is 0. The maximum absolute atomic E-state index is 13.2. The fraction of sp³-hybridized carbons (Fsp3) is 0.400. The number of halogens is 4. The van der Waals surface area contributed by atoms with Crippen LogP contribution in [0.2, 0.25) is 20.1 Å².